The van der Waals surface area contributed by atoms with Crippen molar-refractivity contribution in [3.8, 4) is 0 Å². The van der Waals surface area contributed by atoms with Gasteiger partial charge in [-0.3, -0.25) is 33.8 Å². The van der Waals surface area contributed by atoms with E-state index in [1.165, 1.54) is 36.1 Å². The maximum atomic E-state index is 12.7. The van der Waals surface area contributed by atoms with Crippen LogP contribution in [0.4, 0.5) is 10.5 Å². The van der Waals surface area contributed by atoms with E-state index in [1.807, 2.05) is 0 Å². The fourth-order valence-electron chi connectivity index (χ4n) is 3.23. The first-order chi connectivity index (χ1) is 17.3. The number of amides is 2. The highest BCUT2D eigenvalue weighted by Gasteiger charge is 2.24. The Morgan fingerprint density at radius 2 is 1.27 bits per heavy atom. The second-order valence-electron chi connectivity index (χ2n) is 8.06. The summed E-state index contributed by atoms with van der Waals surface area (Å²) >= 11 is 0. The van der Waals surface area contributed by atoms with E-state index in [0.717, 1.165) is 9.80 Å². The Morgan fingerprint density at radius 3 is 1.76 bits per heavy atom. The van der Waals surface area contributed by atoms with E-state index in [2.05, 4.69) is 5.32 Å². The first kappa shape index (κ1) is 30.8. The molecule has 37 heavy (non-hydrogen) atoms. The standard InChI is InChI=1S/C22H30N4O11/c1-14(21(35)36)25(12-19(31)32)8-6-24(11-18(29)30)7-9-26(13-20(33)34)22(37)23-16-4-2-15(3-5-16)10-17(27)28/h2-5,14H,6-13H2,1H3,(H,23,37)(H,27,28)(H,29,30)(H,31,32)(H,33,34)(H,35,36). The maximum Gasteiger partial charge on any atom is 0.323 e. The lowest BCUT2D eigenvalue weighted by atomic mass is 10.1. The van der Waals surface area contributed by atoms with E-state index >= 15 is 0 Å². The van der Waals surface area contributed by atoms with Crippen LogP contribution >= 0.6 is 0 Å². The lowest BCUT2D eigenvalue weighted by Gasteiger charge is -2.29. The summed E-state index contributed by atoms with van der Waals surface area (Å²) in [4.78, 5) is 71.8. The molecule has 0 heterocycles. The molecule has 1 rings (SSSR count). The maximum absolute atomic E-state index is 12.7. The molecule has 0 spiro atoms. The Hall–Kier alpha value is -4.24. The largest absolute Gasteiger partial charge is 0.481 e. The summed E-state index contributed by atoms with van der Waals surface area (Å²) in [5, 5.41) is 48.0. The predicted octanol–water partition coefficient (Wildman–Crippen LogP) is -0.521. The number of carbonyl (C=O) groups is 6. The van der Waals surface area contributed by atoms with E-state index in [-0.39, 0.29) is 38.3 Å². The molecule has 0 aliphatic rings. The zero-order chi connectivity index (χ0) is 28.1. The first-order valence-corrected chi connectivity index (χ1v) is 11.0. The number of aliphatic carboxylic acids is 5. The van der Waals surface area contributed by atoms with Crippen molar-refractivity contribution < 1.29 is 54.3 Å². The Kier molecular flexibility index (Phi) is 12.5. The van der Waals surface area contributed by atoms with Gasteiger partial charge in [-0.05, 0) is 24.6 Å². The molecule has 0 fully saturated rings. The molecular weight excluding hydrogens is 496 g/mol. The molecule has 1 atom stereocenters. The Labute approximate surface area is 211 Å². The molecular formula is C22H30N4O11. The third kappa shape index (κ3) is 12.3. The molecule has 1 aromatic rings. The quantitative estimate of drug-likeness (QED) is 0.150. The second-order valence-corrected chi connectivity index (χ2v) is 8.06. The van der Waals surface area contributed by atoms with Gasteiger partial charge in [0.15, 0.2) is 0 Å². The summed E-state index contributed by atoms with van der Waals surface area (Å²) in [6.07, 6.45) is -0.214. The summed E-state index contributed by atoms with van der Waals surface area (Å²) in [6, 6.07) is 3.93. The number of anilines is 1. The van der Waals surface area contributed by atoms with Crippen LogP contribution in [0, 0.1) is 0 Å². The monoisotopic (exact) mass is 526 g/mol. The van der Waals surface area contributed by atoms with Crippen LogP contribution in [0.5, 0.6) is 0 Å². The number of urea groups is 1. The molecule has 204 valence electrons. The van der Waals surface area contributed by atoms with Gasteiger partial charge in [0.1, 0.15) is 12.6 Å². The minimum Gasteiger partial charge on any atom is -0.481 e. The molecule has 15 heteroatoms. The molecule has 0 saturated heterocycles. The molecule has 0 bridgehead atoms. The van der Waals surface area contributed by atoms with Crippen LogP contribution in [0.3, 0.4) is 0 Å². The van der Waals surface area contributed by atoms with Crippen molar-refractivity contribution >= 4 is 41.6 Å². The summed E-state index contributed by atoms with van der Waals surface area (Å²) in [5.41, 5.74) is 0.773. The number of carbonyl (C=O) groups excluding carboxylic acids is 1. The average molecular weight is 526 g/mol. The molecule has 1 aromatic carbocycles. The smallest absolute Gasteiger partial charge is 0.323 e. The lowest BCUT2D eigenvalue weighted by molar-refractivity contribution is -0.146. The molecule has 0 aliphatic heterocycles. The van der Waals surface area contributed by atoms with E-state index in [4.69, 9.17) is 10.2 Å². The number of carboxylic acid groups (broad SMARTS) is 5. The van der Waals surface area contributed by atoms with Crippen molar-refractivity contribution in [1.82, 2.24) is 14.7 Å². The number of nitrogens with one attached hydrogen (secondary N) is 1. The number of nitrogens with zero attached hydrogens (tertiary/aromatic N) is 3. The molecule has 15 nitrogen and oxygen atoms in total. The van der Waals surface area contributed by atoms with Gasteiger partial charge in [-0.25, -0.2) is 4.79 Å². The van der Waals surface area contributed by atoms with Crippen molar-refractivity contribution in [3.63, 3.8) is 0 Å². The Bertz CT molecular complexity index is 983. The molecule has 6 N–H and O–H groups in total. The number of hydrogen-bond acceptors (Lipinski definition) is 8. The van der Waals surface area contributed by atoms with Crippen LogP contribution < -0.4 is 5.32 Å². The predicted molar refractivity (Wildman–Crippen MR) is 126 cm³/mol. The normalized spacial score (nSPS) is 11.6. The topological polar surface area (TPSA) is 225 Å². The van der Waals surface area contributed by atoms with Crippen molar-refractivity contribution in [1.29, 1.82) is 0 Å². The number of carboxylic acids is 5. The van der Waals surface area contributed by atoms with Gasteiger partial charge in [0.2, 0.25) is 0 Å². The highest BCUT2D eigenvalue weighted by molar-refractivity contribution is 5.91. The van der Waals surface area contributed by atoms with Crippen LogP contribution in [0.15, 0.2) is 24.3 Å². The van der Waals surface area contributed by atoms with Gasteiger partial charge in [-0.15, -0.1) is 0 Å². The third-order valence-corrected chi connectivity index (χ3v) is 5.17. The van der Waals surface area contributed by atoms with Gasteiger partial charge in [0.25, 0.3) is 0 Å². The van der Waals surface area contributed by atoms with Crippen LogP contribution in [0.2, 0.25) is 0 Å². The van der Waals surface area contributed by atoms with Crippen molar-refractivity contribution in [2.45, 2.75) is 19.4 Å². The molecule has 0 aromatic heterocycles. The van der Waals surface area contributed by atoms with Gasteiger partial charge < -0.3 is 35.7 Å². The third-order valence-electron chi connectivity index (χ3n) is 5.17. The van der Waals surface area contributed by atoms with Gasteiger partial charge in [0.05, 0.1) is 19.5 Å². The zero-order valence-corrected chi connectivity index (χ0v) is 20.1. The Morgan fingerprint density at radius 1 is 0.730 bits per heavy atom. The van der Waals surface area contributed by atoms with Gasteiger partial charge in [-0.2, -0.15) is 0 Å². The lowest BCUT2D eigenvalue weighted by Crippen LogP contribution is -2.48. The van der Waals surface area contributed by atoms with E-state index in [0.29, 0.717) is 5.56 Å². The fourth-order valence-corrected chi connectivity index (χ4v) is 3.23. The van der Waals surface area contributed by atoms with Gasteiger partial charge in [0, 0.05) is 31.9 Å². The summed E-state index contributed by atoms with van der Waals surface area (Å²) in [6.45, 7) is -1.01. The highest BCUT2D eigenvalue weighted by Crippen LogP contribution is 2.11. The fraction of sp³-hybridized carbons (Fsp3) is 0.455. The first-order valence-electron chi connectivity index (χ1n) is 11.0. The van der Waals surface area contributed by atoms with E-state index < -0.39 is 61.6 Å². The second kappa shape index (κ2) is 15.0. The summed E-state index contributed by atoms with van der Waals surface area (Å²) in [5.74, 6) is -6.10. The molecule has 0 saturated carbocycles. The average Bonchev–Trinajstić information content (AvgIpc) is 2.78. The van der Waals surface area contributed by atoms with Crippen molar-refractivity contribution in [3.05, 3.63) is 29.8 Å². The molecule has 0 aliphatic carbocycles. The van der Waals surface area contributed by atoms with Crippen LogP contribution in [-0.2, 0) is 30.4 Å². The summed E-state index contributed by atoms with van der Waals surface area (Å²) in [7, 11) is 0. The van der Waals surface area contributed by atoms with Gasteiger partial charge in [-0.1, -0.05) is 12.1 Å². The molecule has 1 unspecified atom stereocenters. The van der Waals surface area contributed by atoms with E-state index in [9.17, 15) is 44.1 Å². The SMILES string of the molecule is CC(C(=O)O)N(CCN(CCN(CC(=O)O)C(=O)Nc1ccc(CC(=O)O)cc1)CC(=O)O)CC(=O)O. The van der Waals surface area contributed by atoms with Crippen LogP contribution in [-0.4, -0.2) is 128 Å². The highest BCUT2D eigenvalue weighted by atomic mass is 16.4. The number of benzene rings is 1. The molecule has 2 amide bonds. The molecule has 0 radical (unpaired) electrons. The Balaban J connectivity index is 2.89. The summed E-state index contributed by atoms with van der Waals surface area (Å²) < 4.78 is 0. The van der Waals surface area contributed by atoms with Crippen LogP contribution in [0.1, 0.15) is 12.5 Å². The van der Waals surface area contributed by atoms with Crippen molar-refractivity contribution in [2.75, 3.05) is 51.1 Å². The van der Waals surface area contributed by atoms with Crippen LogP contribution in [0.25, 0.3) is 0 Å². The zero-order valence-electron chi connectivity index (χ0n) is 20.1. The number of rotatable bonds is 17. The number of hydrogen-bond donors (Lipinski definition) is 6. The van der Waals surface area contributed by atoms with Gasteiger partial charge >= 0.3 is 35.9 Å². The van der Waals surface area contributed by atoms with E-state index in [1.54, 1.807) is 0 Å². The minimum atomic E-state index is -1.32. The minimum absolute atomic E-state index is 0.0647. The van der Waals surface area contributed by atoms with Crippen molar-refractivity contribution in [2.24, 2.45) is 0 Å².